The Labute approximate surface area is 88.6 Å². The second-order valence-corrected chi connectivity index (χ2v) is 3.73. The summed E-state index contributed by atoms with van der Waals surface area (Å²) in [5.74, 6) is 0. The molecule has 0 saturated carbocycles. The summed E-state index contributed by atoms with van der Waals surface area (Å²) >= 11 is 3.18. The van der Waals surface area contributed by atoms with Crippen molar-refractivity contribution in [2.45, 2.75) is 0 Å². The van der Waals surface area contributed by atoms with Crippen LogP contribution in [0.4, 0.5) is 5.69 Å². The smallest absolute Gasteiger partial charge is 0.258 e. The van der Waals surface area contributed by atoms with Gasteiger partial charge in [0.1, 0.15) is 0 Å². The minimum Gasteiger partial charge on any atom is -0.258 e. The van der Waals surface area contributed by atoms with E-state index in [2.05, 4.69) is 15.9 Å². The molecule has 0 aromatic heterocycles. The summed E-state index contributed by atoms with van der Waals surface area (Å²) in [5.41, 5.74) is 0.128. The van der Waals surface area contributed by atoms with Gasteiger partial charge in [-0.1, -0.05) is 24.3 Å². The molecule has 14 heavy (non-hydrogen) atoms. The lowest BCUT2D eigenvalue weighted by Gasteiger charge is -2.00. The maximum atomic E-state index is 10.8. The summed E-state index contributed by atoms with van der Waals surface area (Å²) in [4.78, 5) is 10.4. The number of nitro groups is 1. The molecule has 0 heterocycles. The Balaban J connectivity index is 2.90. The van der Waals surface area contributed by atoms with Crippen molar-refractivity contribution in [3.05, 3.63) is 51.0 Å². The van der Waals surface area contributed by atoms with E-state index in [9.17, 15) is 10.1 Å². The monoisotopic (exact) mass is 251 g/mol. The summed E-state index contributed by atoms with van der Waals surface area (Å²) in [6.45, 7) is 0. The Hall–Kier alpha value is -1.42. The molecular weight excluding hydrogens is 246 g/mol. The summed E-state index contributed by atoms with van der Waals surface area (Å²) in [7, 11) is 0. The van der Waals surface area contributed by atoms with E-state index in [1.165, 1.54) is 0 Å². The molecule has 0 saturated heterocycles. The highest BCUT2D eigenvalue weighted by Gasteiger charge is 2.15. The lowest BCUT2D eigenvalue weighted by atomic mass is 10.1. The molecule has 0 spiro atoms. The average molecular weight is 252 g/mol. The summed E-state index contributed by atoms with van der Waals surface area (Å²) in [6, 6.07) is 10.8. The highest BCUT2D eigenvalue weighted by atomic mass is 79.9. The number of nitro benzene ring substituents is 1. The molecule has 70 valence electrons. The molecule has 2 rings (SSSR count). The number of benzene rings is 2. The molecule has 0 radical (unpaired) electrons. The second-order valence-electron chi connectivity index (χ2n) is 2.87. The van der Waals surface area contributed by atoms with E-state index in [0.717, 1.165) is 5.39 Å². The van der Waals surface area contributed by atoms with Gasteiger partial charge in [-0.3, -0.25) is 10.1 Å². The van der Waals surface area contributed by atoms with Gasteiger partial charge in [-0.05, 0) is 33.4 Å². The van der Waals surface area contributed by atoms with E-state index in [1.807, 2.05) is 18.2 Å². The van der Waals surface area contributed by atoms with Gasteiger partial charge in [0.25, 0.3) is 5.69 Å². The van der Waals surface area contributed by atoms with Crippen LogP contribution in [0.5, 0.6) is 0 Å². The maximum absolute atomic E-state index is 10.8. The summed E-state index contributed by atoms with van der Waals surface area (Å²) in [6.07, 6.45) is 0. The zero-order valence-corrected chi connectivity index (χ0v) is 8.69. The minimum absolute atomic E-state index is 0.128. The predicted octanol–water partition coefficient (Wildman–Crippen LogP) is 3.51. The molecule has 3 nitrogen and oxygen atoms in total. The first-order chi connectivity index (χ1) is 6.70. The van der Waals surface area contributed by atoms with E-state index in [4.69, 9.17) is 0 Å². The van der Waals surface area contributed by atoms with Crippen LogP contribution >= 0.6 is 15.9 Å². The van der Waals surface area contributed by atoms with Crippen LogP contribution in [0.2, 0.25) is 0 Å². The van der Waals surface area contributed by atoms with Crippen LogP contribution in [-0.2, 0) is 0 Å². The van der Waals surface area contributed by atoms with E-state index >= 15 is 0 Å². The SMILES string of the molecule is O=[N+]([O-])c1c(Br)ccc2ccccc12. The zero-order valence-electron chi connectivity index (χ0n) is 7.11. The van der Waals surface area contributed by atoms with Gasteiger partial charge in [0.15, 0.2) is 0 Å². The Morgan fingerprint density at radius 2 is 1.86 bits per heavy atom. The van der Waals surface area contributed by atoms with E-state index < -0.39 is 0 Å². The van der Waals surface area contributed by atoms with Crippen molar-refractivity contribution in [1.82, 2.24) is 0 Å². The van der Waals surface area contributed by atoms with E-state index in [1.54, 1.807) is 18.2 Å². The summed E-state index contributed by atoms with van der Waals surface area (Å²) < 4.78 is 0.515. The Morgan fingerprint density at radius 3 is 2.57 bits per heavy atom. The van der Waals surface area contributed by atoms with Crippen molar-refractivity contribution in [3.63, 3.8) is 0 Å². The fraction of sp³-hybridized carbons (Fsp3) is 0. The molecule has 2 aromatic carbocycles. The lowest BCUT2D eigenvalue weighted by Crippen LogP contribution is -1.90. The van der Waals surface area contributed by atoms with Gasteiger partial charge in [-0.15, -0.1) is 0 Å². The molecule has 0 aliphatic rings. The standard InChI is InChI=1S/C10H6BrNO2/c11-9-6-5-7-3-1-2-4-8(7)10(9)12(13)14/h1-6H. The van der Waals surface area contributed by atoms with Crippen molar-refractivity contribution in [2.24, 2.45) is 0 Å². The van der Waals surface area contributed by atoms with E-state index in [-0.39, 0.29) is 10.6 Å². The topological polar surface area (TPSA) is 43.1 Å². The molecule has 0 aliphatic carbocycles. The third-order valence-corrected chi connectivity index (χ3v) is 2.67. The molecule has 0 unspecified atom stereocenters. The van der Waals surface area contributed by atoms with Gasteiger partial charge in [0.05, 0.1) is 14.8 Å². The Kier molecular flexibility index (Phi) is 2.21. The highest BCUT2D eigenvalue weighted by Crippen LogP contribution is 2.32. The van der Waals surface area contributed by atoms with Crippen LogP contribution in [-0.4, -0.2) is 4.92 Å². The molecular formula is C10H6BrNO2. The van der Waals surface area contributed by atoms with Crippen molar-refractivity contribution in [1.29, 1.82) is 0 Å². The molecule has 0 amide bonds. The average Bonchev–Trinajstić information content (AvgIpc) is 2.17. The first-order valence-corrected chi connectivity index (χ1v) is 4.81. The fourth-order valence-corrected chi connectivity index (χ4v) is 1.90. The third-order valence-electron chi connectivity index (χ3n) is 2.03. The van der Waals surface area contributed by atoms with Crippen LogP contribution in [0, 0.1) is 10.1 Å². The van der Waals surface area contributed by atoms with Gasteiger partial charge < -0.3 is 0 Å². The number of hydrogen-bond acceptors (Lipinski definition) is 2. The van der Waals surface area contributed by atoms with Gasteiger partial charge >= 0.3 is 0 Å². The quantitative estimate of drug-likeness (QED) is 0.575. The number of rotatable bonds is 1. The molecule has 0 atom stereocenters. The van der Waals surface area contributed by atoms with Crippen molar-refractivity contribution >= 4 is 32.4 Å². The predicted molar refractivity (Wildman–Crippen MR) is 58.3 cm³/mol. The number of nitrogens with zero attached hydrogens (tertiary/aromatic N) is 1. The zero-order chi connectivity index (χ0) is 10.1. The first kappa shape index (κ1) is 9.15. The van der Waals surface area contributed by atoms with Crippen LogP contribution in [0.15, 0.2) is 40.9 Å². The van der Waals surface area contributed by atoms with Crippen molar-refractivity contribution < 1.29 is 4.92 Å². The van der Waals surface area contributed by atoms with Crippen LogP contribution < -0.4 is 0 Å². The molecule has 2 aromatic rings. The van der Waals surface area contributed by atoms with Crippen LogP contribution in [0.1, 0.15) is 0 Å². The highest BCUT2D eigenvalue weighted by molar-refractivity contribution is 9.10. The Morgan fingerprint density at radius 1 is 1.14 bits per heavy atom. The molecule has 0 N–H and O–H groups in total. The first-order valence-electron chi connectivity index (χ1n) is 4.02. The van der Waals surface area contributed by atoms with E-state index in [0.29, 0.717) is 9.86 Å². The van der Waals surface area contributed by atoms with Gasteiger partial charge in [-0.2, -0.15) is 0 Å². The number of hydrogen-bond donors (Lipinski definition) is 0. The second kappa shape index (κ2) is 3.38. The largest absolute Gasteiger partial charge is 0.291 e. The lowest BCUT2D eigenvalue weighted by molar-refractivity contribution is -0.383. The van der Waals surface area contributed by atoms with Gasteiger partial charge in [0, 0.05) is 0 Å². The fourth-order valence-electron chi connectivity index (χ4n) is 1.41. The molecule has 0 aliphatic heterocycles. The third kappa shape index (κ3) is 1.37. The van der Waals surface area contributed by atoms with Gasteiger partial charge in [0.2, 0.25) is 0 Å². The van der Waals surface area contributed by atoms with Gasteiger partial charge in [-0.25, -0.2) is 0 Å². The molecule has 0 bridgehead atoms. The normalized spacial score (nSPS) is 10.4. The number of fused-ring (bicyclic) bond motifs is 1. The summed E-state index contributed by atoms with van der Waals surface area (Å²) in [5, 5.41) is 12.3. The number of halogens is 1. The molecule has 0 fully saturated rings. The van der Waals surface area contributed by atoms with Crippen molar-refractivity contribution in [3.8, 4) is 0 Å². The minimum atomic E-state index is -0.369. The Bertz CT molecular complexity index is 510. The van der Waals surface area contributed by atoms with Crippen LogP contribution in [0.25, 0.3) is 10.8 Å². The maximum Gasteiger partial charge on any atom is 0.291 e. The van der Waals surface area contributed by atoms with Crippen molar-refractivity contribution in [2.75, 3.05) is 0 Å². The van der Waals surface area contributed by atoms with Crippen LogP contribution in [0.3, 0.4) is 0 Å². The molecule has 4 heteroatoms.